The van der Waals surface area contributed by atoms with E-state index in [1.165, 1.54) is 23.5 Å². The summed E-state index contributed by atoms with van der Waals surface area (Å²) in [6.45, 7) is 0.161. The summed E-state index contributed by atoms with van der Waals surface area (Å²) in [7, 11) is 0. The standard InChI is InChI=1S/C14H14FNO2S/c15-11-4-1-3-10(7-11)8-14(18)16-9-12(17)13-5-2-6-19-13/h1-7,12,17H,8-9H2,(H,16,18). The molecule has 2 N–H and O–H groups in total. The maximum atomic E-state index is 12.9. The molecule has 0 saturated heterocycles. The van der Waals surface area contributed by atoms with Gasteiger partial charge in [0.25, 0.3) is 0 Å². The minimum Gasteiger partial charge on any atom is -0.386 e. The SMILES string of the molecule is O=C(Cc1cccc(F)c1)NCC(O)c1cccs1. The van der Waals surface area contributed by atoms with Crippen LogP contribution in [0.15, 0.2) is 41.8 Å². The lowest BCUT2D eigenvalue weighted by atomic mass is 10.1. The van der Waals surface area contributed by atoms with E-state index in [0.29, 0.717) is 5.56 Å². The molecule has 1 atom stereocenters. The highest BCUT2D eigenvalue weighted by atomic mass is 32.1. The van der Waals surface area contributed by atoms with Crippen LogP contribution in [-0.4, -0.2) is 17.6 Å². The van der Waals surface area contributed by atoms with Crippen LogP contribution >= 0.6 is 11.3 Å². The fourth-order valence-electron chi connectivity index (χ4n) is 1.69. The van der Waals surface area contributed by atoms with E-state index in [4.69, 9.17) is 0 Å². The highest BCUT2D eigenvalue weighted by molar-refractivity contribution is 7.10. The van der Waals surface area contributed by atoms with E-state index in [0.717, 1.165) is 4.88 Å². The fraction of sp³-hybridized carbons (Fsp3) is 0.214. The highest BCUT2D eigenvalue weighted by Crippen LogP contribution is 2.17. The van der Waals surface area contributed by atoms with Crippen molar-refractivity contribution in [3.8, 4) is 0 Å². The van der Waals surface area contributed by atoms with E-state index in [1.54, 1.807) is 12.1 Å². The molecule has 3 nitrogen and oxygen atoms in total. The Morgan fingerprint density at radius 3 is 2.89 bits per heavy atom. The summed E-state index contributed by atoms with van der Waals surface area (Å²) in [5.41, 5.74) is 0.614. The molecule has 1 aromatic carbocycles. The van der Waals surface area contributed by atoms with E-state index in [-0.39, 0.29) is 24.7 Å². The molecule has 19 heavy (non-hydrogen) atoms. The predicted molar refractivity (Wildman–Crippen MR) is 72.4 cm³/mol. The average Bonchev–Trinajstić information content (AvgIpc) is 2.90. The highest BCUT2D eigenvalue weighted by Gasteiger charge is 2.10. The summed E-state index contributed by atoms with van der Waals surface area (Å²) >= 11 is 1.44. The van der Waals surface area contributed by atoms with Gasteiger partial charge in [0.15, 0.2) is 0 Å². The monoisotopic (exact) mass is 279 g/mol. The molecule has 0 fully saturated rings. The summed E-state index contributed by atoms with van der Waals surface area (Å²) in [4.78, 5) is 12.5. The maximum absolute atomic E-state index is 12.9. The Morgan fingerprint density at radius 1 is 1.37 bits per heavy atom. The van der Waals surface area contributed by atoms with Crippen molar-refractivity contribution in [3.63, 3.8) is 0 Å². The smallest absolute Gasteiger partial charge is 0.224 e. The Labute approximate surface area is 114 Å². The molecule has 100 valence electrons. The lowest BCUT2D eigenvalue weighted by molar-refractivity contribution is -0.120. The number of aliphatic hydroxyl groups excluding tert-OH is 1. The van der Waals surface area contributed by atoms with Crippen LogP contribution in [-0.2, 0) is 11.2 Å². The van der Waals surface area contributed by atoms with E-state index in [2.05, 4.69) is 5.32 Å². The Bertz CT molecular complexity index is 542. The molecular formula is C14H14FNO2S. The van der Waals surface area contributed by atoms with E-state index in [9.17, 15) is 14.3 Å². The van der Waals surface area contributed by atoms with Gasteiger partial charge in [0.2, 0.25) is 5.91 Å². The first-order valence-electron chi connectivity index (χ1n) is 5.88. The summed E-state index contributed by atoms with van der Waals surface area (Å²) in [5, 5.41) is 14.3. The molecule has 0 radical (unpaired) electrons. The lowest BCUT2D eigenvalue weighted by Gasteiger charge is -2.10. The number of thiophene rings is 1. The van der Waals surface area contributed by atoms with Gasteiger partial charge in [0.05, 0.1) is 6.42 Å². The van der Waals surface area contributed by atoms with Gasteiger partial charge in [-0.25, -0.2) is 4.39 Å². The van der Waals surface area contributed by atoms with Crippen molar-refractivity contribution in [2.75, 3.05) is 6.54 Å². The first-order chi connectivity index (χ1) is 9.15. The van der Waals surface area contributed by atoms with Gasteiger partial charge in [0.1, 0.15) is 11.9 Å². The third-order valence-corrected chi connectivity index (χ3v) is 3.59. The lowest BCUT2D eigenvalue weighted by Crippen LogP contribution is -2.29. The van der Waals surface area contributed by atoms with Crippen LogP contribution in [0.4, 0.5) is 4.39 Å². The summed E-state index contributed by atoms with van der Waals surface area (Å²) in [6, 6.07) is 9.58. The predicted octanol–water partition coefficient (Wildman–Crippen LogP) is 2.28. The number of carbonyl (C=O) groups excluding carboxylic acids is 1. The van der Waals surface area contributed by atoms with Gasteiger partial charge >= 0.3 is 0 Å². The molecule has 1 heterocycles. The third kappa shape index (κ3) is 4.15. The van der Waals surface area contributed by atoms with Gasteiger partial charge in [0, 0.05) is 11.4 Å². The van der Waals surface area contributed by atoms with Crippen molar-refractivity contribution in [1.29, 1.82) is 0 Å². The van der Waals surface area contributed by atoms with Gasteiger partial charge in [-0.2, -0.15) is 0 Å². The molecule has 1 aromatic heterocycles. The number of nitrogens with one attached hydrogen (secondary N) is 1. The van der Waals surface area contributed by atoms with Crippen LogP contribution < -0.4 is 5.32 Å². The molecule has 0 aliphatic carbocycles. The largest absolute Gasteiger partial charge is 0.386 e. The molecule has 2 aromatic rings. The maximum Gasteiger partial charge on any atom is 0.224 e. The fourth-order valence-corrected chi connectivity index (χ4v) is 2.40. The Kier molecular flexibility index (Phi) is 4.65. The number of benzene rings is 1. The zero-order chi connectivity index (χ0) is 13.7. The molecule has 0 aliphatic rings. The number of carbonyl (C=O) groups is 1. The van der Waals surface area contributed by atoms with E-state index < -0.39 is 6.10 Å². The number of hydrogen-bond donors (Lipinski definition) is 2. The summed E-state index contributed by atoms with van der Waals surface area (Å²) in [6.07, 6.45) is -0.592. The number of amides is 1. The number of halogens is 1. The molecular weight excluding hydrogens is 265 g/mol. The molecule has 2 rings (SSSR count). The second-order valence-corrected chi connectivity index (χ2v) is 5.12. The molecule has 0 spiro atoms. The van der Waals surface area contributed by atoms with Crippen LogP contribution in [0.5, 0.6) is 0 Å². The van der Waals surface area contributed by atoms with Crippen molar-refractivity contribution < 1.29 is 14.3 Å². The van der Waals surface area contributed by atoms with Gasteiger partial charge in [-0.05, 0) is 29.1 Å². The van der Waals surface area contributed by atoms with Crippen LogP contribution in [0.2, 0.25) is 0 Å². The van der Waals surface area contributed by atoms with E-state index in [1.807, 2.05) is 17.5 Å². The Morgan fingerprint density at radius 2 is 2.21 bits per heavy atom. The molecule has 0 aliphatic heterocycles. The van der Waals surface area contributed by atoms with Gasteiger partial charge in [-0.15, -0.1) is 11.3 Å². The molecule has 1 amide bonds. The van der Waals surface area contributed by atoms with Crippen molar-refractivity contribution in [2.45, 2.75) is 12.5 Å². The second-order valence-electron chi connectivity index (χ2n) is 4.14. The minimum absolute atomic E-state index is 0.106. The van der Waals surface area contributed by atoms with Crippen LogP contribution in [0.1, 0.15) is 16.5 Å². The van der Waals surface area contributed by atoms with Crippen LogP contribution in [0.25, 0.3) is 0 Å². The molecule has 0 saturated carbocycles. The normalized spacial score (nSPS) is 12.1. The number of rotatable bonds is 5. The first kappa shape index (κ1) is 13.7. The average molecular weight is 279 g/mol. The topological polar surface area (TPSA) is 49.3 Å². The van der Waals surface area contributed by atoms with Gasteiger partial charge < -0.3 is 10.4 Å². The third-order valence-electron chi connectivity index (χ3n) is 2.62. The summed E-state index contributed by atoms with van der Waals surface area (Å²) in [5.74, 6) is -0.592. The van der Waals surface area contributed by atoms with Crippen molar-refractivity contribution in [3.05, 3.63) is 58.0 Å². The summed E-state index contributed by atoms with van der Waals surface area (Å²) < 4.78 is 12.9. The Hall–Kier alpha value is -1.72. The van der Waals surface area contributed by atoms with Crippen LogP contribution in [0.3, 0.4) is 0 Å². The number of hydrogen-bond acceptors (Lipinski definition) is 3. The second kappa shape index (κ2) is 6.45. The van der Waals surface area contributed by atoms with Crippen molar-refractivity contribution in [1.82, 2.24) is 5.32 Å². The van der Waals surface area contributed by atoms with E-state index >= 15 is 0 Å². The minimum atomic E-state index is -0.698. The zero-order valence-corrected chi connectivity index (χ0v) is 11.0. The molecule has 5 heteroatoms. The van der Waals surface area contributed by atoms with Gasteiger partial charge in [-0.3, -0.25) is 4.79 Å². The Balaban J connectivity index is 1.82. The van der Waals surface area contributed by atoms with Crippen molar-refractivity contribution in [2.24, 2.45) is 0 Å². The van der Waals surface area contributed by atoms with Crippen molar-refractivity contribution >= 4 is 17.2 Å². The molecule has 1 unspecified atom stereocenters. The number of aliphatic hydroxyl groups is 1. The first-order valence-corrected chi connectivity index (χ1v) is 6.76. The van der Waals surface area contributed by atoms with Gasteiger partial charge in [-0.1, -0.05) is 18.2 Å². The quantitative estimate of drug-likeness (QED) is 0.882. The molecule has 0 bridgehead atoms. The van der Waals surface area contributed by atoms with Crippen LogP contribution in [0, 0.1) is 5.82 Å². The zero-order valence-electron chi connectivity index (χ0n) is 10.2.